The van der Waals surface area contributed by atoms with E-state index in [1.54, 1.807) is 11.1 Å². The number of rotatable bonds is 1. The fourth-order valence-corrected chi connectivity index (χ4v) is 2.46. The number of piperidine rings is 1. The van der Waals surface area contributed by atoms with E-state index >= 15 is 0 Å². The molecule has 0 bridgehead atoms. The van der Waals surface area contributed by atoms with Crippen LogP contribution in [0.15, 0.2) is 18.5 Å². The van der Waals surface area contributed by atoms with Gasteiger partial charge in [-0.3, -0.25) is 4.98 Å². The number of nitrogens with zero attached hydrogens (tertiary/aromatic N) is 2. The fraction of sp³-hybridized carbons (Fsp3) is 0.600. The number of carbonyl (C=O) groups excluding carboxylic acids is 1. The average Bonchev–Trinajstić information content (AvgIpc) is 2.37. The number of pyridine rings is 1. The summed E-state index contributed by atoms with van der Waals surface area (Å²) in [6.45, 7) is 7.05. The van der Waals surface area contributed by atoms with Gasteiger partial charge in [0.15, 0.2) is 0 Å². The molecule has 20 heavy (non-hydrogen) atoms. The van der Waals surface area contributed by atoms with Gasteiger partial charge in [0.1, 0.15) is 5.60 Å². The van der Waals surface area contributed by atoms with E-state index in [1.807, 2.05) is 33.0 Å². The van der Waals surface area contributed by atoms with Crippen molar-refractivity contribution in [1.82, 2.24) is 9.88 Å². The highest BCUT2D eigenvalue weighted by Crippen LogP contribution is 2.31. The molecule has 1 aliphatic heterocycles. The largest absolute Gasteiger partial charge is 0.444 e. The molecule has 1 amide bonds. The lowest BCUT2D eigenvalue weighted by molar-refractivity contribution is 0.0205. The molecule has 0 saturated carbocycles. The molecule has 0 spiro atoms. The van der Waals surface area contributed by atoms with Crippen LogP contribution >= 0.6 is 0 Å². The van der Waals surface area contributed by atoms with Gasteiger partial charge in [0.2, 0.25) is 0 Å². The third-order valence-electron chi connectivity index (χ3n) is 3.47. The zero-order valence-corrected chi connectivity index (χ0v) is 12.4. The Morgan fingerprint density at radius 1 is 1.40 bits per heavy atom. The maximum atomic E-state index is 12.0. The highest BCUT2D eigenvalue weighted by molar-refractivity contribution is 5.68. The van der Waals surface area contributed by atoms with Crippen LogP contribution in [0, 0.1) is 0 Å². The van der Waals surface area contributed by atoms with Crippen LogP contribution in [0.2, 0.25) is 0 Å². The van der Waals surface area contributed by atoms with Gasteiger partial charge >= 0.3 is 6.09 Å². The number of likely N-dealkylation sites (tertiary alicyclic amines) is 1. The monoisotopic (exact) mass is 277 g/mol. The van der Waals surface area contributed by atoms with Crippen LogP contribution < -0.4 is 5.73 Å². The van der Waals surface area contributed by atoms with Gasteiger partial charge in [-0.25, -0.2) is 4.79 Å². The third kappa shape index (κ3) is 3.62. The lowest BCUT2D eigenvalue weighted by Crippen LogP contribution is -2.41. The first-order valence-corrected chi connectivity index (χ1v) is 7.04. The molecule has 0 aromatic carbocycles. The molecule has 1 fully saturated rings. The van der Waals surface area contributed by atoms with E-state index in [4.69, 9.17) is 10.5 Å². The Hall–Kier alpha value is -1.78. The molecule has 2 heterocycles. The van der Waals surface area contributed by atoms with Crippen LogP contribution in [0.3, 0.4) is 0 Å². The van der Waals surface area contributed by atoms with Crippen molar-refractivity contribution in [2.45, 2.75) is 45.1 Å². The molecule has 0 unspecified atom stereocenters. The zero-order valence-electron chi connectivity index (χ0n) is 12.4. The number of carbonyl (C=O) groups is 1. The van der Waals surface area contributed by atoms with Gasteiger partial charge in [-0.2, -0.15) is 0 Å². The summed E-state index contributed by atoms with van der Waals surface area (Å²) in [5, 5.41) is 0. The summed E-state index contributed by atoms with van der Waals surface area (Å²) in [7, 11) is 0. The Balaban J connectivity index is 1.93. The molecule has 2 N–H and O–H groups in total. The number of aromatic nitrogens is 1. The molecule has 1 aromatic rings. The number of amides is 1. The van der Waals surface area contributed by atoms with Crippen molar-refractivity contribution in [1.29, 1.82) is 0 Å². The van der Waals surface area contributed by atoms with E-state index in [9.17, 15) is 4.79 Å². The van der Waals surface area contributed by atoms with Crippen molar-refractivity contribution in [2.75, 3.05) is 18.8 Å². The van der Waals surface area contributed by atoms with E-state index in [0.717, 1.165) is 24.1 Å². The van der Waals surface area contributed by atoms with E-state index < -0.39 is 5.60 Å². The Kier molecular flexibility index (Phi) is 4.16. The van der Waals surface area contributed by atoms with Crippen molar-refractivity contribution in [3.8, 4) is 0 Å². The van der Waals surface area contributed by atoms with Crippen molar-refractivity contribution in [3.63, 3.8) is 0 Å². The smallest absolute Gasteiger partial charge is 0.410 e. The Labute approximate surface area is 120 Å². The van der Waals surface area contributed by atoms with Gasteiger partial charge in [0, 0.05) is 31.2 Å². The van der Waals surface area contributed by atoms with Crippen LogP contribution in [0.1, 0.15) is 45.1 Å². The van der Waals surface area contributed by atoms with Crippen LogP contribution in [-0.2, 0) is 4.74 Å². The summed E-state index contributed by atoms with van der Waals surface area (Å²) in [6, 6.07) is 1.83. The van der Waals surface area contributed by atoms with Crippen molar-refractivity contribution in [2.24, 2.45) is 0 Å². The van der Waals surface area contributed by atoms with Crippen molar-refractivity contribution >= 4 is 11.8 Å². The summed E-state index contributed by atoms with van der Waals surface area (Å²) >= 11 is 0. The number of hydrogen-bond acceptors (Lipinski definition) is 4. The highest BCUT2D eigenvalue weighted by Gasteiger charge is 2.28. The molecular formula is C15H23N3O2. The standard InChI is InChI=1S/C15H23N3O2/c1-15(2,3)20-14(19)18-8-5-11(6-9-18)12-10-17-7-4-13(12)16/h4,7,10-11H,5-6,8-9H2,1-3H3,(H2,16,17). The number of hydrogen-bond donors (Lipinski definition) is 1. The molecule has 0 atom stereocenters. The predicted octanol–water partition coefficient (Wildman–Crippen LogP) is 2.78. The molecule has 1 saturated heterocycles. The maximum absolute atomic E-state index is 12.0. The fourth-order valence-electron chi connectivity index (χ4n) is 2.46. The predicted molar refractivity (Wildman–Crippen MR) is 78.4 cm³/mol. The first kappa shape index (κ1) is 14.6. The quantitative estimate of drug-likeness (QED) is 0.857. The van der Waals surface area contributed by atoms with Gasteiger partial charge in [0.25, 0.3) is 0 Å². The summed E-state index contributed by atoms with van der Waals surface area (Å²) in [6.07, 6.45) is 5.11. The van der Waals surface area contributed by atoms with Crippen LogP contribution in [-0.4, -0.2) is 34.7 Å². The molecule has 0 aliphatic carbocycles. The second kappa shape index (κ2) is 5.69. The topological polar surface area (TPSA) is 68.5 Å². The second-order valence-corrected chi connectivity index (χ2v) is 6.25. The SMILES string of the molecule is CC(C)(C)OC(=O)N1CCC(c2cnccc2N)CC1. The lowest BCUT2D eigenvalue weighted by Gasteiger charge is -2.33. The van der Waals surface area contributed by atoms with E-state index in [1.165, 1.54) is 0 Å². The normalized spacial score (nSPS) is 17.1. The average molecular weight is 277 g/mol. The van der Waals surface area contributed by atoms with Gasteiger partial charge in [0.05, 0.1) is 0 Å². The Morgan fingerprint density at radius 3 is 2.60 bits per heavy atom. The minimum Gasteiger partial charge on any atom is -0.444 e. The Bertz CT molecular complexity index is 474. The van der Waals surface area contributed by atoms with Crippen LogP contribution in [0.25, 0.3) is 0 Å². The summed E-state index contributed by atoms with van der Waals surface area (Å²) < 4.78 is 5.39. The van der Waals surface area contributed by atoms with Crippen LogP contribution in [0.4, 0.5) is 10.5 Å². The van der Waals surface area contributed by atoms with Crippen LogP contribution in [0.5, 0.6) is 0 Å². The first-order chi connectivity index (χ1) is 9.37. The Morgan fingerprint density at radius 2 is 2.05 bits per heavy atom. The molecule has 5 nitrogen and oxygen atoms in total. The second-order valence-electron chi connectivity index (χ2n) is 6.25. The summed E-state index contributed by atoms with van der Waals surface area (Å²) in [5.41, 5.74) is 7.42. The number of anilines is 1. The maximum Gasteiger partial charge on any atom is 0.410 e. The van der Waals surface area contributed by atoms with Gasteiger partial charge < -0.3 is 15.4 Å². The molecule has 5 heteroatoms. The number of ether oxygens (including phenoxy) is 1. The van der Waals surface area contributed by atoms with E-state index in [2.05, 4.69) is 4.98 Å². The number of nitrogens with two attached hydrogens (primary N) is 1. The van der Waals surface area contributed by atoms with Gasteiger partial charge in [-0.1, -0.05) is 0 Å². The minimum absolute atomic E-state index is 0.227. The summed E-state index contributed by atoms with van der Waals surface area (Å²) in [4.78, 5) is 17.9. The van der Waals surface area contributed by atoms with E-state index in [-0.39, 0.29) is 6.09 Å². The minimum atomic E-state index is -0.443. The van der Waals surface area contributed by atoms with Gasteiger partial charge in [-0.15, -0.1) is 0 Å². The molecule has 1 aliphatic rings. The lowest BCUT2D eigenvalue weighted by atomic mass is 9.89. The summed E-state index contributed by atoms with van der Waals surface area (Å²) in [5.74, 6) is 0.377. The van der Waals surface area contributed by atoms with Gasteiger partial charge in [-0.05, 0) is 51.2 Å². The van der Waals surface area contributed by atoms with E-state index in [0.29, 0.717) is 19.0 Å². The number of nitrogen functional groups attached to an aromatic ring is 1. The van der Waals surface area contributed by atoms with Crippen molar-refractivity contribution < 1.29 is 9.53 Å². The molecule has 2 rings (SSSR count). The molecule has 110 valence electrons. The molecule has 0 radical (unpaired) electrons. The van der Waals surface area contributed by atoms with Crippen molar-refractivity contribution in [3.05, 3.63) is 24.0 Å². The first-order valence-electron chi connectivity index (χ1n) is 7.04. The molecular weight excluding hydrogens is 254 g/mol. The third-order valence-corrected chi connectivity index (χ3v) is 3.47. The molecule has 1 aromatic heterocycles. The highest BCUT2D eigenvalue weighted by atomic mass is 16.6. The zero-order chi connectivity index (χ0) is 14.8.